The molecule has 1 rings (SSSR count). The first-order valence-electron chi connectivity index (χ1n) is 5.28. The number of ether oxygens (including phenoxy) is 2. The number of hydrogen-bond acceptors (Lipinski definition) is 3. The molecule has 0 saturated carbocycles. The maximum Gasteiger partial charge on any atom is 0.308 e. The second-order valence-electron chi connectivity index (χ2n) is 5.02. The van der Waals surface area contributed by atoms with Gasteiger partial charge in [-0.15, -0.1) is 0 Å². The summed E-state index contributed by atoms with van der Waals surface area (Å²) < 4.78 is 10.5. The predicted octanol–water partition coefficient (Wildman–Crippen LogP) is 2.49. The molecule has 0 N–H and O–H groups in total. The molecule has 0 aliphatic carbocycles. The van der Waals surface area contributed by atoms with Crippen LogP contribution in [-0.4, -0.2) is 18.9 Å². The topological polar surface area (TPSA) is 35.5 Å². The molecular formula is C11H20O3. The minimum atomic E-state index is -0.293. The van der Waals surface area contributed by atoms with Crippen LogP contribution in [0.25, 0.3) is 0 Å². The predicted molar refractivity (Wildman–Crippen MR) is 53.8 cm³/mol. The van der Waals surface area contributed by atoms with Gasteiger partial charge in [-0.3, -0.25) is 4.79 Å². The highest BCUT2D eigenvalue weighted by atomic mass is 16.7. The maximum atomic E-state index is 11.4. The smallest absolute Gasteiger partial charge is 0.308 e. The summed E-state index contributed by atoms with van der Waals surface area (Å²) in [6, 6.07) is 0. The van der Waals surface area contributed by atoms with E-state index in [0.29, 0.717) is 13.0 Å². The quantitative estimate of drug-likeness (QED) is 0.642. The number of rotatable bonds is 2. The van der Waals surface area contributed by atoms with Crippen molar-refractivity contribution in [2.75, 3.05) is 6.61 Å². The summed E-state index contributed by atoms with van der Waals surface area (Å²) >= 11 is 0. The number of esters is 1. The molecule has 82 valence electrons. The number of hydrogen-bond donors (Lipinski definition) is 0. The van der Waals surface area contributed by atoms with Crippen molar-refractivity contribution >= 4 is 5.97 Å². The summed E-state index contributed by atoms with van der Waals surface area (Å²) in [5, 5.41) is 0. The van der Waals surface area contributed by atoms with Crippen molar-refractivity contribution in [3.63, 3.8) is 0 Å². The van der Waals surface area contributed by atoms with Gasteiger partial charge in [-0.05, 0) is 18.3 Å². The highest BCUT2D eigenvalue weighted by molar-refractivity contribution is 5.70. The van der Waals surface area contributed by atoms with Gasteiger partial charge in [0.05, 0.1) is 13.0 Å². The van der Waals surface area contributed by atoms with E-state index in [4.69, 9.17) is 9.47 Å². The Morgan fingerprint density at radius 3 is 2.64 bits per heavy atom. The Balaban J connectivity index is 2.25. The minimum absolute atomic E-state index is 0.00818. The number of carbonyl (C=O) groups excluding carboxylic acids is 1. The normalized spacial score (nSPS) is 23.2. The Kier molecular flexibility index (Phi) is 3.93. The van der Waals surface area contributed by atoms with Crippen LogP contribution in [-0.2, 0) is 14.3 Å². The summed E-state index contributed by atoms with van der Waals surface area (Å²) in [6.45, 7) is 6.79. The number of carbonyl (C=O) groups is 1. The molecule has 1 heterocycles. The first kappa shape index (κ1) is 11.5. The highest BCUT2D eigenvalue weighted by Gasteiger charge is 2.22. The fraction of sp³-hybridized carbons (Fsp3) is 0.909. The van der Waals surface area contributed by atoms with Crippen LogP contribution in [0.5, 0.6) is 0 Å². The van der Waals surface area contributed by atoms with Crippen molar-refractivity contribution in [3.8, 4) is 0 Å². The lowest BCUT2D eigenvalue weighted by Gasteiger charge is -2.24. The lowest BCUT2D eigenvalue weighted by atomic mass is 9.92. The Morgan fingerprint density at radius 1 is 1.43 bits per heavy atom. The lowest BCUT2D eigenvalue weighted by molar-refractivity contribution is -0.188. The second-order valence-corrected chi connectivity index (χ2v) is 5.02. The van der Waals surface area contributed by atoms with E-state index in [9.17, 15) is 4.79 Å². The molecule has 0 radical (unpaired) electrons. The van der Waals surface area contributed by atoms with E-state index in [1.54, 1.807) is 0 Å². The van der Waals surface area contributed by atoms with Crippen LogP contribution >= 0.6 is 0 Å². The van der Waals surface area contributed by atoms with E-state index in [-0.39, 0.29) is 17.7 Å². The molecule has 0 aromatic carbocycles. The van der Waals surface area contributed by atoms with Crippen LogP contribution < -0.4 is 0 Å². The van der Waals surface area contributed by atoms with E-state index in [1.165, 1.54) is 0 Å². The molecule has 3 heteroatoms. The van der Waals surface area contributed by atoms with Crippen molar-refractivity contribution in [1.82, 2.24) is 0 Å². The molecule has 0 aromatic heterocycles. The maximum absolute atomic E-state index is 11.4. The van der Waals surface area contributed by atoms with Gasteiger partial charge in [0, 0.05) is 6.42 Å². The molecule has 1 aliphatic rings. The van der Waals surface area contributed by atoms with Gasteiger partial charge in [0.1, 0.15) is 0 Å². The molecule has 1 atom stereocenters. The van der Waals surface area contributed by atoms with Crippen LogP contribution in [0, 0.1) is 5.41 Å². The van der Waals surface area contributed by atoms with Crippen LogP contribution in [0.4, 0.5) is 0 Å². The van der Waals surface area contributed by atoms with Crippen LogP contribution in [0.1, 0.15) is 46.5 Å². The van der Waals surface area contributed by atoms with Crippen LogP contribution in [0.3, 0.4) is 0 Å². The van der Waals surface area contributed by atoms with Crippen molar-refractivity contribution in [2.24, 2.45) is 5.41 Å². The molecule has 1 fully saturated rings. The third kappa shape index (κ3) is 4.61. The van der Waals surface area contributed by atoms with Gasteiger partial charge in [0.2, 0.25) is 6.29 Å². The van der Waals surface area contributed by atoms with E-state index in [1.807, 2.05) is 20.8 Å². The standard InChI is InChI=1S/C11H20O3/c1-11(2,3)8-9(12)14-10-6-4-5-7-13-10/h10H,4-8H2,1-3H3. The first-order valence-corrected chi connectivity index (χ1v) is 5.28. The van der Waals surface area contributed by atoms with Crippen LogP contribution in [0.15, 0.2) is 0 Å². The largest absolute Gasteiger partial charge is 0.436 e. The lowest BCUT2D eigenvalue weighted by Crippen LogP contribution is -2.27. The van der Waals surface area contributed by atoms with Crippen molar-refractivity contribution in [2.45, 2.75) is 52.7 Å². The third-order valence-electron chi connectivity index (χ3n) is 2.08. The van der Waals surface area contributed by atoms with Crippen molar-refractivity contribution in [3.05, 3.63) is 0 Å². The molecule has 14 heavy (non-hydrogen) atoms. The average Bonchev–Trinajstić information content (AvgIpc) is 2.02. The third-order valence-corrected chi connectivity index (χ3v) is 2.08. The Hall–Kier alpha value is -0.570. The van der Waals surface area contributed by atoms with Gasteiger partial charge in [0.15, 0.2) is 0 Å². The Labute approximate surface area is 85.8 Å². The van der Waals surface area contributed by atoms with Gasteiger partial charge in [-0.2, -0.15) is 0 Å². The summed E-state index contributed by atoms with van der Waals surface area (Å²) in [7, 11) is 0. The van der Waals surface area contributed by atoms with E-state index < -0.39 is 0 Å². The Bertz CT molecular complexity index is 187. The van der Waals surface area contributed by atoms with E-state index in [0.717, 1.165) is 19.3 Å². The summed E-state index contributed by atoms with van der Waals surface area (Å²) in [5.41, 5.74) is -0.00818. The molecular weight excluding hydrogens is 180 g/mol. The second kappa shape index (κ2) is 4.78. The van der Waals surface area contributed by atoms with Crippen LogP contribution in [0.2, 0.25) is 0 Å². The van der Waals surface area contributed by atoms with Gasteiger partial charge < -0.3 is 9.47 Å². The molecule has 0 bridgehead atoms. The molecule has 3 nitrogen and oxygen atoms in total. The zero-order chi connectivity index (χ0) is 10.6. The molecule has 0 aromatic rings. The van der Waals surface area contributed by atoms with Gasteiger partial charge in [0.25, 0.3) is 0 Å². The average molecular weight is 200 g/mol. The van der Waals surface area contributed by atoms with E-state index >= 15 is 0 Å². The molecule has 1 unspecified atom stereocenters. The zero-order valence-corrected chi connectivity index (χ0v) is 9.34. The molecule has 0 amide bonds. The van der Waals surface area contributed by atoms with Gasteiger partial charge in [-0.25, -0.2) is 0 Å². The van der Waals surface area contributed by atoms with Gasteiger partial charge in [-0.1, -0.05) is 20.8 Å². The SMILES string of the molecule is CC(C)(C)CC(=O)OC1CCCCO1. The Morgan fingerprint density at radius 2 is 2.14 bits per heavy atom. The van der Waals surface area contributed by atoms with Crippen molar-refractivity contribution in [1.29, 1.82) is 0 Å². The fourth-order valence-electron chi connectivity index (χ4n) is 1.43. The first-order chi connectivity index (χ1) is 6.47. The minimum Gasteiger partial charge on any atom is -0.436 e. The summed E-state index contributed by atoms with van der Waals surface area (Å²) in [5.74, 6) is -0.149. The molecule has 1 saturated heterocycles. The zero-order valence-electron chi connectivity index (χ0n) is 9.34. The summed E-state index contributed by atoms with van der Waals surface area (Å²) in [4.78, 5) is 11.4. The van der Waals surface area contributed by atoms with E-state index in [2.05, 4.69) is 0 Å². The fourth-order valence-corrected chi connectivity index (χ4v) is 1.43. The molecule has 1 aliphatic heterocycles. The molecule has 0 spiro atoms. The summed E-state index contributed by atoms with van der Waals surface area (Å²) in [6.07, 6.45) is 3.17. The van der Waals surface area contributed by atoms with Gasteiger partial charge >= 0.3 is 5.97 Å². The van der Waals surface area contributed by atoms with Crippen molar-refractivity contribution < 1.29 is 14.3 Å². The monoisotopic (exact) mass is 200 g/mol. The highest BCUT2D eigenvalue weighted by Crippen LogP contribution is 2.21.